The summed E-state index contributed by atoms with van der Waals surface area (Å²) in [6.07, 6.45) is 2.01. The molecule has 0 spiro atoms. The summed E-state index contributed by atoms with van der Waals surface area (Å²) < 4.78 is 0. The zero-order valence-corrected chi connectivity index (χ0v) is 12.1. The number of nitrogens with one attached hydrogen (secondary N) is 1. The van der Waals surface area contributed by atoms with E-state index in [9.17, 15) is 10.2 Å². The van der Waals surface area contributed by atoms with E-state index in [1.54, 1.807) is 12.1 Å². The van der Waals surface area contributed by atoms with Crippen LogP contribution in [0.3, 0.4) is 0 Å². The van der Waals surface area contributed by atoms with Gasteiger partial charge in [-0.15, -0.1) is 0 Å². The Balaban J connectivity index is 1.92. The van der Waals surface area contributed by atoms with Crippen molar-refractivity contribution in [1.29, 1.82) is 0 Å². The van der Waals surface area contributed by atoms with Gasteiger partial charge in [-0.25, -0.2) is 0 Å². The van der Waals surface area contributed by atoms with Crippen molar-refractivity contribution < 1.29 is 10.2 Å². The molecular formula is C18H19NO2. The van der Waals surface area contributed by atoms with Crippen molar-refractivity contribution >= 4 is 0 Å². The van der Waals surface area contributed by atoms with E-state index in [0.29, 0.717) is 6.04 Å². The van der Waals surface area contributed by atoms with Crippen molar-refractivity contribution in [2.75, 3.05) is 0 Å². The lowest BCUT2D eigenvalue weighted by Gasteiger charge is -2.39. The molecule has 2 atom stereocenters. The van der Waals surface area contributed by atoms with Crippen molar-refractivity contribution in [2.24, 2.45) is 0 Å². The van der Waals surface area contributed by atoms with E-state index in [2.05, 4.69) is 30.4 Å². The zero-order valence-electron chi connectivity index (χ0n) is 12.1. The van der Waals surface area contributed by atoms with Crippen LogP contribution in [0.1, 0.15) is 40.2 Å². The van der Waals surface area contributed by atoms with Gasteiger partial charge in [0.05, 0.1) is 0 Å². The molecule has 4 rings (SSSR count). The number of hydrogen-bond donors (Lipinski definition) is 3. The maximum Gasteiger partial charge on any atom is 0.157 e. The molecule has 3 heteroatoms. The molecule has 0 saturated heterocycles. The highest BCUT2D eigenvalue weighted by atomic mass is 16.3. The lowest BCUT2D eigenvalue weighted by Crippen LogP contribution is -2.42. The fourth-order valence-electron chi connectivity index (χ4n) is 3.85. The second-order valence-corrected chi connectivity index (χ2v) is 6.25. The van der Waals surface area contributed by atoms with E-state index >= 15 is 0 Å². The maximum atomic E-state index is 9.90. The second-order valence-electron chi connectivity index (χ2n) is 6.25. The first-order chi connectivity index (χ1) is 10.1. The Morgan fingerprint density at radius 1 is 1.00 bits per heavy atom. The quantitative estimate of drug-likeness (QED) is 0.651. The van der Waals surface area contributed by atoms with Gasteiger partial charge >= 0.3 is 0 Å². The van der Waals surface area contributed by atoms with Gasteiger partial charge < -0.3 is 15.5 Å². The predicted octanol–water partition coefficient (Wildman–Crippen LogP) is 2.96. The first-order valence-corrected chi connectivity index (χ1v) is 7.51. The lowest BCUT2D eigenvalue weighted by molar-refractivity contribution is 0.380. The zero-order chi connectivity index (χ0) is 14.6. The fourth-order valence-corrected chi connectivity index (χ4v) is 3.85. The van der Waals surface area contributed by atoms with E-state index < -0.39 is 0 Å². The highest BCUT2D eigenvalue weighted by Crippen LogP contribution is 2.44. The van der Waals surface area contributed by atoms with Crippen molar-refractivity contribution in [1.82, 2.24) is 5.32 Å². The summed E-state index contributed by atoms with van der Waals surface area (Å²) in [7, 11) is 0. The molecule has 2 aromatic carbocycles. The topological polar surface area (TPSA) is 52.5 Å². The van der Waals surface area contributed by atoms with Gasteiger partial charge in [0, 0.05) is 18.5 Å². The maximum absolute atomic E-state index is 9.90. The molecule has 2 aliphatic rings. The third-order valence-corrected chi connectivity index (χ3v) is 4.89. The SMILES string of the molecule is Cc1ccc2c(c1)C1c3cc(O)c(O)cc3CCC1NC2. The Kier molecular flexibility index (Phi) is 2.73. The summed E-state index contributed by atoms with van der Waals surface area (Å²) in [6.45, 7) is 3.03. The third kappa shape index (κ3) is 1.92. The number of aromatic hydroxyl groups is 2. The first kappa shape index (κ1) is 12.7. The summed E-state index contributed by atoms with van der Waals surface area (Å²) in [5.74, 6) is 0.235. The van der Waals surface area contributed by atoms with E-state index in [0.717, 1.165) is 30.5 Å². The molecule has 2 aromatic rings. The summed E-state index contributed by atoms with van der Waals surface area (Å²) >= 11 is 0. The molecule has 1 aliphatic heterocycles. The molecule has 1 aliphatic carbocycles. The van der Waals surface area contributed by atoms with Gasteiger partial charge in [0.25, 0.3) is 0 Å². The number of phenols is 2. The van der Waals surface area contributed by atoms with E-state index in [1.807, 2.05) is 0 Å². The Bertz CT molecular complexity index is 723. The second kappa shape index (κ2) is 4.50. The van der Waals surface area contributed by atoms with E-state index in [1.165, 1.54) is 16.7 Å². The minimum absolute atomic E-state index is 0.0135. The van der Waals surface area contributed by atoms with Gasteiger partial charge in [-0.1, -0.05) is 23.8 Å². The van der Waals surface area contributed by atoms with E-state index in [-0.39, 0.29) is 17.4 Å². The fraction of sp³-hybridized carbons (Fsp3) is 0.333. The molecule has 21 heavy (non-hydrogen) atoms. The number of benzene rings is 2. The van der Waals surface area contributed by atoms with Gasteiger partial charge in [0.2, 0.25) is 0 Å². The summed E-state index contributed by atoms with van der Waals surface area (Å²) in [4.78, 5) is 0. The highest BCUT2D eigenvalue weighted by Gasteiger charge is 2.35. The molecule has 0 amide bonds. The molecule has 0 bridgehead atoms. The van der Waals surface area contributed by atoms with Crippen LogP contribution in [-0.2, 0) is 13.0 Å². The van der Waals surface area contributed by atoms with Gasteiger partial charge in [-0.05, 0) is 54.2 Å². The number of hydrogen-bond acceptors (Lipinski definition) is 3. The van der Waals surface area contributed by atoms with Crippen molar-refractivity contribution in [3.63, 3.8) is 0 Å². The molecule has 108 valence electrons. The van der Waals surface area contributed by atoms with Crippen LogP contribution in [0.4, 0.5) is 0 Å². The van der Waals surface area contributed by atoms with E-state index in [4.69, 9.17) is 0 Å². The number of rotatable bonds is 0. The van der Waals surface area contributed by atoms with Gasteiger partial charge in [-0.3, -0.25) is 0 Å². The van der Waals surface area contributed by atoms with Gasteiger partial charge in [0.1, 0.15) is 0 Å². The molecular weight excluding hydrogens is 262 g/mol. The largest absolute Gasteiger partial charge is 0.504 e. The molecule has 0 radical (unpaired) electrons. The molecule has 0 fully saturated rings. The van der Waals surface area contributed by atoms with Gasteiger partial charge in [0.15, 0.2) is 11.5 Å². The monoisotopic (exact) mass is 281 g/mol. The minimum Gasteiger partial charge on any atom is -0.504 e. The molecule has 3 nitrogen and oxygen atoms in total. The van der Waals surface area contributed by atoms with Crippen molar-refractivity contribution in [2.45, 2.75) is 38.3 Å². The Hall–Kier alpha value is -2.00. The predicted molar refractivity (Wildman–Crippen MR) is 81.7 cm³/mol. The normalized spacial score (nSPS) is 23.1. The lowest BCUT2D eigenvalue weighted by atomic mass is 9.72. The third-order valence-electron chi connectivity index (χ3n) is 4.89. The summed E-state index contributed by atoms with van der Waals surface area (Å²) in [5, 5.41) is 23.3. The standard InChI is InChI=1S/C18H19NO2/c1-10-2-3-12-9-19-15-5-4-11-7-16(20)17(21)8-14(11)18(15)13(12)6-10/h2-3,6-8,15,18-21H,4-5,9H2,1H3. The van der Waals surface area contributed by atoms with Gasteiger partial charge in [-0.2, -0.15) is 0 Å². The molecule has 3 N–H and O–H groups in total. The Morgan fingerprint density at radius 3 is 2.62 bits per heavy atom. The summed E-state index contributed by atoms with van der Waals surface area (Å²) in [6, 6.07) is 10.5. The average molecular weight is 281 g/mol. The van der Waals surface area contributed by atoms with Crippen LogP contribution >= 0.6 is 0 Å². The summed E-state index contributed by atoms with van der Waals surface area (Å²) in [5.41, 5.74) is 6.28. The van der Waals surface area contributed by atoms with Crippen molar-refractivity contribution in [3.8, 4) is 11.5 Å². The number of phenolic OH excluding ortho intramolecular Hbond substituents is 2. The average Bonchev–Trinajstić information content (AvgIpc) is 2.48. The molecule has 0 aromatic heterocycles. The van der Waals surface area contributed by atoms with Crippen LogP contribution < -0.4 is 5.32 Å². The molecule has 2 unspecified atom stereocenters. The van der Waals surface area contributed by atoms with Crippen LogP contribution in [0.25, 0.3) is 0 Å². The van der Waals surface area contributed by atoms with Crippen LogP contribution in [0.15, 0.2) is 30.3 Å². The Morgan fingerprint density at radius 2 is 1.76 bits per heavy atom. The molecule has 1 heterocycles. The molecule has 0 saturated carbocycles. The first-order valence-electron chi connectivity index (χ1n) is 7.51. The number of fused-ring (bicyclic) bond motifs is 5. The van der Waals surface area contributed by atoms with Crippen LogP contribution in [0.5, 0.6) is 11.5 Å². The minimum atomic E-state index is -0.0193. The van der Waals surface area contributed by atoms with Crippen LogP contribution in [-0.4, -0.2) is 16.3 Å². The van der Waals surface area contributed by atoms with Crippen molar-refractivity contribution in [3.05, 3.63) is 58.1 Å². The highest BCUT2D eigenvalue weighted by molar-refractivity contribution is 5.53. The smallest absolute Gasteiger partial charge is 0.157 e. The van der Waals surface area contributed by atoms with Crippen LogP contribution in [0.2, 0.25) is 0 Å². The van der Waals surface area contributed by atoms with Crippen LogP contribution in [0, 0.1) is 6.92 Å². The Labute approximate surface area is 124 Å². The number of aryl methyl sites for hydroxylation is 2.